The molecule has 0 N–H and O–H groups in total. The molecule has 4 rings (SSSR count). The Kier molecular flexibility index (Phi) is 6.75. The molecular weight excluding hydrogens is 383 g/mol. The SMILES string of the molecule is COc1ccccc1OCCN1CCC(c2noc3cc(F)ccc23)CC1.Cl. The minimum Gasteiger partial charge on any atom is -0.493 e. The van der Waals surface area contributed by atoms with Crippen molar-refractivity contribution < 1.29 is 18.4 Å². The molecular formula is C21H24ClFN2O3. The molecule has 0 saturated carbocycles. The third kappa shape index (κ3) is 4.39. The van der Waals surface area contributed by atoms with Gasteiger partial charge in [0.1, 0.15) is 12.4 Å². The maximum atomic E-state index is 13.3. The van der Waals surface area contributed by atoms with Crippen molar-refractivity contribution in [3.8, 4) is 11.5 Å². The van der Waals surface area contributed by atoms with Crippen molar-refractivity contribution in [2.24, 2.45) is 0 Å². The zero-order valence-corrected chi connectivity index (χ0v) is 16.6. The number of methoxy groups -OCH3 is 1. The molecule has 0 radical (unpaired) electrons. The molecule has 5 nitrogen and oxygen atoms in total. The highest BCUT2D eigenvalue weighted by molar-refractivity contribution is 5.85. The van der Waals surface area contributed by atoms with E-state index in [0.29, 0.717) is 18.1 Å². The molecule has 0 spiro atoms. The van der Waals surface area contributed by atoms with Gasteiger partial charge in [0.2, 0.25) is 0 Å². The molecule has 1 saturated heterocycles. The van der Waals surface area contributed by atoms with Crippen LogP contribution in [-0.2, 0) is 0 Å². The first kappa shape index (κ1) is 20.4. The Hall–Kier alpha value is -2.31. The van der Waals surface area contributed by atoms with Gasteiger partial charge >= 0.3 is 0 Å². The van der Waals surface area contributed by atoms with Crippen LogP contribution in [0, 0.1) is 5.82 Å². The summed E-state index contributed by atoms with van der Waals surface area (Å²) in [6.45, 7) is 3.46. The van der Waals surface area contributed by atoms with Crippen molar-refractivity contribution in [2.45, 2.75) is 18.8 Å². The van der Waals surface area contributed by atoms with Gasteiger partial charge in [-0.25, -0.2) is 4.39 Å². The van der Waals surface area contributed by atoms with E-state index in [9.17, 15) is 4.39 Å². The fourth-order valence-corrected chi connectivity index (χ4v) is 3.68. The third-order valence-electron chi connectivity index (χ3n) is 5.17. The largest absolute Gasteiger partial charge is 0.493 e. The van der Waals surface area contributed by atoms with Gasteiger partial charge in [0.15, 0.2) is 17.1 Å². The number of ether oxygens (including phenoxy) is 2. The number of hydrogen-bond donors (Lipinski definition) is 0. The van der Waals surface area contributed by atoms with Crippen LogP contribution in [-0.4, -0.2) is 43.4 Å². The molecule has 1 aromatic heterocycles. The molecule has 2 aromatic carbocycles. The second kappa shape index (κ2) is 9.26. The first-order chi connectivity index (χ1) is 13.2. The summed E-state index contributed by atoms with van der Waals surface area (Å²) in [5.41, 5.74) is 1.48. The highest BCUT2D eigenvalue weighted by Crippen LogP contribution is 2.32. The van der Waals surface area contributed by atoms with Crippen LogP contribution in [0.3, 0.4) is 0 Å². The fraction of sp³-hybridized carbons (Fsp3) is 0.381. The summed E-state index contributed by atoms with van der Waals surface area (Å²) in [7, 11) is 1.65. The van der Waals surface area contributed by atoms with E-state index >= 15 is 0 Å². The zero-order valence-electron chi connectivity index (χ0n) is 15.8. The quantitative estimate of drug-likeness (QED) is 0.596. The Morgan fingerprint density at radius 2 is 1.89 bits per heavy atom. The molecule has 3 aromatic rings. The predicted molar refractivity (Wildman–Crippen MR) is 108 cm³/mol. The summed E-state index contributed by atoms with van der Waals surface area (Å²) < 4.78 is 29.8. The van der Waals surface area contributed by atoms with Gasteiger partial charge in [0, 0.05) is 23.9 Å². The maximum absolute atomic E-state index is 13.3. The van der Waals surface area contributed by atoms with E-state index in [2.05, 4.69) is 10.1 Å². The van der Waals surface area contributed by atoms with Crippen molar-refractivity contribution in [3.05, 3.63) is 54.0 Å². The Morgan fingerprint density at radius 1 is 1.14 bits per heavy atom. The van der Waals surface area contributed by atoms with Crippen molar-refractivity contribution in [3.63, 3.8) is 0 Å². The number of rotatable bonds is 6. The summed E-state index contributed by atoms with van der Waals surface area (Å²) >= 11 is 0. The Morgan fingerprint density at radius 3 is 2.64 bits per heavy atom. The van der Waals surface area contributed by atoms with Gasteiger partial charge < -0.3 is 14.0 Å². The Labute approximate surface area is 169 Å². The summed E-state index contributed by atoms with van der Waals surface area (Å²) in [6, 6.07) is 12.3. The highest BCUT2D eigenvalue weighted by Gasteiger charge is 2.25. The third-order valence-corrected chi connectivity index (χ3v) is 5.17. The standard InChI is InChI=1S/C21H23FN2O3.ClH/c1-25-18-4-2-3-5-19(18)26-13-12-24-10-8-15(9-11-24)21-17-7-6-16(22)14-20(17)27-23-21;/h2-7,14-15H,8-13H2,1H3;1H. The van der Waals surface area contributed by atoms with Gasteiger partial charge in [-0.15, -0.1) is 12.4 Å². The van der Waals surface area contributed by atoms with E-state index in [0.717, 1.165) is 55.1 Å². The molecule has 2 heterocycles. The van der Waals surface area contributed by atoms with Crippen molar-refractivity contribution in [1.29, 1.82) is 0 Å². The normalized spacial score (nSPS) is 15.4. The van der Waals surface area contributed by atoms with Gasteiger partial charge in [-0.3, -0.25) is 4.90 Å². The molecule has 0 unspecified atom stereocenters. The van der Waals surface area contributed by atoms with Crippen LogP contribution in [0.25, 0.3) is 11.0 Å². The summed E-state index contributed by atoms with van der Waals surface area (Å²) in [5.74, 6) is 1.58. The molecule has 150 valence electrons. The maximum Gasteiger partial charge on any atom is 0.170 e. The Balaban J connectivity index is 0.00000225. The van der Waals surface area contributed by atoms with E-state index < -0.39 is 0 Å². The van der Waals surface area contributed by atoms with Crippen molar-refractivity contribution in [2.75, 3.05) is 33.4 Å². The van der Waals surface area contributed by atoms with Gasteiger partial charge in [-0.2, -0.15) is 0 Å². The fourth-order valence-electron chi connectivity index (χ4n) is 3.68. The molecule has 1 aliphatic heterocycles. The molecule has 1 aliphatic rings. The van der Waals surface area contributed by atoms with E-state index in [-0.39, 0.29) is 18.2 Å². The van der Waals surface area contributed by atoms with Crippen LogP contribution in [0.15, 0.2) is 47.0 Å². The Bertz CT molecular complexity index is 910. The first-order valence-electron chi connectivity index (χ1n) is 9.27. The van der Waals surface area contributed by atoms with E-state index in [1.807, 2.05) is 24.3 Å². The summed E-state index contributed by atoms with van der Waals surface area (Å²) in [5, 5.41) is 5.13. The van der Waals surface area contributed by atoms with Crippen LogP contribution >= 0.6 is 12.4 Å². The van der Waals surface area contributed by atoms with E-state index in [1.54, 1.807) is 13.2 Å². The van der Waals surface area contributed by atoms with Crippen LogP contribution < -0.4 is 9.47 Å². The lowest BCUT2D eigenvalue weighted by Crippen LogP contribution is -2.36. The molecule has 28 heavy (non-hydrogen) atoms. The number of para-hydroxylation sites is 2. The number of aromatic nitrogens is 1. The summed E-state index contributed by atoms with van der Waals surface area (Å²) in [4.78, 5) is 2.40. The van der Waals surface area contributed by atoms with Gasteiger partial charge in [-0.1, -0.05) is 17.3 Å². The number of benzene rings is 2. The van der Waals surface area contributed by atoms with E-state index in [1.165, 1.54) is 12.1 Å². The molecule has 0 amide bonds. The number of hydrogen-bond acceptors (Lipinski definition) is 5. The topological polar surface area (TPSA) is 47.7 Å². The minimum absolute atomic E-state index is 0. The predicted octanol–water partition coefficient (Wildman–Crippen LogP) is 4.66. The lowest BCUT2D eigenvalue weighted by Gasteiger charge is -2.31. The van der Waals surface area contributed by atoms with E-state index in [4.69, 9.17) is 14.0 Å². The number of piperidine rings is 1. The lowest BCUT2D eigenvalue weighted by molar-refractivity contribution is 0.169. The van der Waals surface area contributed by atoms with Gasteiger partial charge in [0.05, 0.1) is 12.8 Å². The van der Waals surface area contributed by atoms with Crippen LogP contribution in [0.4, 0.5) is 4.39 Å². The minimum atomic E-state index is -0.296. The average molecular weight is 407 g/mol. The highest BCUT2D eigenvalue weighted by atomic mass is 35.5. The number of fused-ring (bicyclic) bond motifs is 1. The molecule has 0 atom stereocenters. The van der Waals surface area contributed by atoms with Crippen LogP contribution in [0.2, 0.25) is 0 Å². The number of nitrogens with zero attached hydrogens (tertiary/aromatic N) is 2. The van der Waals surface area contributed by atoms with Crippen molar-refractivity contribution >= 4 is 23.4 Å². The van der Waals surface area contributed by atoms with Gasteiger partial charge in [-0.05, 0) is 50.2 Å². The van der Waals surface area contributed by atoms with Crippen LogP contribution in [0.1, 0.15) is 24.5 Å². The van der Waals surface area contributed by atoms with Gasteiger partial charge in [0.25, 0.3) is 0 Å². The molecule has 1 fully saturated rings. The molecule has 0 bridgehead atoms. The second-order valence-corrected chi connectivity index (χ2v) is 6.82. The zero-order chi connectivity index (χ0) is 18.6. The average Bonchev–Trinajstić information content (AvgIpc) is 3.12. The van der Waals surface area contributed by atoms with Crippen molar-refractivity contribution in [1.82, 2.24) is 10.1 Å². The monoisotopic (exact) mass is 406 g/mol. The number of likely N-dealkylation sites (tertiary alicyclic amines) is 1. The lowest BCUT2D eigenvalue weighted by atomic mass is 9.91. The smallest absolute Gasteiger partial charge is 0.170 e. The van der Waals surface area contributed by atoms with Crippen LogP contribution in [0.5, 0.6) is 11.5 Å². The number of halogens is 2. The molecule has 0 aliphatic carbocycles. The molecule has 7 heteroatoms. The second-order valence-electron chi connectivity index (χ2n) is 6.82. The first-order valence-corrected chi connectivity index (χ1v) is 9.27. The summed E-state index contributed by atoms with van der Waals surface area (Å²) in [6.07, 6.45) is 2.02.